The van der Waals surface area contributed by atoms with Crippen molar-refractivity contribution in [2.75, 3.05) is 5.73 Å². The van der Waals surface area contributed by atoms with E-state index in [4.69, 9.17) is 10.5 Å². The topological polar surface area (TPSA) is 71.9 Å². The van der Waals surface area contributed by atoms with Crippen molar-refractivity contribution in [3.8, 4) is 40.0 Å². The Morgan fingerprint density at radius 2 is 1.55 bits per heavy atom. The van der Waals surface area contributed by atoms with Crippen LogP contribution < -0.4 is 10.5 Å². The van der Waals surface area contributed by atoms with Gasteiger partial charge in [0, 0.05) is 11.1 Å². The summed E-state index contributed by atoms with van der Waals surface area (Å²) < 4.78 is 5.94. The van der Waals surface area contributed by atoms with Gasteiger partial charge in [-0.25, -0.2) is 4.98 Å². The number of hydrogen-bond donors (Lipinski definition) is 1. The van der Waals surface area contributed by atoms with Gasteiger partial charge in [-0.05, 0) is 42.8 Å². The van der Waals surface area contributed by atoms with E-state index >= 15 is 0 Å². The molecule has 0 radical (unpaired) electrons. The maximum absolute atomic E-state index is 9.66. The minimum Gasteiger partial charge on any atom is -0.457 e. The molecule has 4 nitrogen and oxygen atoms in total. The summed E-state index contributed by atoms with van der Waals surface area (Å²) in [5.41, 5.74) is 10.9. The van der Waals surface area contributed by atoms with Crippen LogP contribution in [0.15, 0.2) is 84.9 Å². The maximum Gasteiger partial charge on any atom is 0.142 e. The molecule has 140 valence electrons. The number of nitrogen functional groups attached to an aromatic ring is 1. The molecule has 3 aromatic carbocycles. The predicted octanol–water partition coefficient (Wildman–Crippen LogP) is 5.97. The Morgan fingerprint density at radius 3 is 2.28 bits per heavy atom. The monoisotopic (exact) mass is 377 g/mol. The van der Waals surface area contributed by atoms with Gasteiger partial charge in [-0.3, -0.25) is 0 Å². The first-order valence-corrected chi connectivity index (χ1v) is 9.25. The number of benzene rings is 3. The largest absolute Gasteiger partial charge is 0.457 e. The number of pyridine rings is 1. The molecule has 0 bridgehead atoms. The SMILES string of the molecule is Cc1ccc(-c2cc(-c3cccc(Oc4ccccc4)c3)c(C#N)c(N)n2)cc1. The van der Waals surface area contributed by atoms with Gasteiger partial charge in [0.25, 0.3) is 0 Å². The lowest BCUT2D eigenvalue weighted by molar-refractivity contribution is 0.483. The molecule has 0 aliphatic carbocycles. The highest BCUT2D eigenvalue weighted by atomic mass is 16.5. The zero-order chi connectivity index (χ0) is 20.2. The van der Waals surface area contributed by atoms with E-state index in [9.17, 15) is 5.26 Å². The highest BCUT2D eigenvalue weighted by molar-refractivity contribution is 5.80. The summed E-state index contributed by atoms with van der Waals surface area (Å²) in [6.07, 6.45) is 0. The molecule has 1 heterocycles. The van der Waals surface area contributed by atoms with Crippen molar-refractivity contribution in [1.82, 2.24) is 4.98 Å². The number of rotatable bonds is 4. The molecule has 0 spiro atoms. The number of nitrogens with two attached hydrogens (primary N) is 1. The summed E-state index contributed by atoms with van der Waals surface area (Å²) in [7, 11) is 0. The zero-order valence-corrected chi connectivity index (χ0v) is 16.0. The van der Waals surface area contributed by atoms with Gasteiger partial charge in [-0.2, -0.15) is 5.26 Å². The van der Waals surface area contributed by atoms with Crippen LogP contribution in [-0.4, -0.2) is 4.98 Å². The van der Waals surface area contributed by atoms with Crippen molar-refractivity contribution < 1.29 is 4.74 Å². The third-order valence-electron chi connectivity index (χ3n) is 4.63. The van der Waals surface area contributed by atoms with Crippen LogP contribution in [0.5, 0.6) is 11.5 Å². The molecular weight excluding hydrogens is 358 g/mol. The number of para-hydroxylation sites is 1. The molecule has 4 heteroatoms. The second-order valence-corrected chi connectivity index (χ2v) is 6.74. The Balaban J connectivity index is 1.78. The quantitative estimate of drug-likeness (QED) is 0.475. The van der Waals surface area contributed by atoms with Gasteiger partial charge in [0.1, 0.15) is 28.9 Å². The van der Waals surface area contributed by atoms with Crippen LogP contribution in [-0.2, 0) is 0 Å². The smallest absolute Gasteiger partial charge is 0.142 e. The fourth-order valence-corrected chi connectivity index (χ4v) is 3.13. The van der Waals surface area contributed by atoms with Crippen LogP contribution in [0.4, 0.5) is 5.82 Å². The highest BCUT2D eigenvalue weighted by Gasteiger charge is 2.14. The minimum atomic E-state index is 0.218. The number of hydrogen-bond acceptors (Lipinski definition) is 4. The van der Waals surface area contributed by atoms with Crippen molar-refractivity contribution >= 4 is 5.82 Å². The Kier molecular flexibility index (Phi) is 4.96. The van der Waals surface area contributed by atoms with Crippen LogP contribution in [0.25, 0.3) is 22.4 Å². The molecule has 4 aromatic rings. The zero-order valence-electron chi connectivity index (χ0n) is 16.0. The Hall–Kier alpha value is -4.10. The van der Waals surface area contributed by atoms with Crippen molar-refractivity contribution in [3.05, 3.63) is 96.1 Å². The standard InChI is InChI=1S/C25H19N3O/c1-17-10-12-18(13-11-17)24-15-22(23(16-26)25(27)28-24)19-6-5-9-21(14-19)29-20-7-3-2-4-8-20/h2-15H,1H3,(H2,27,28). The van der Waals surface area contributed by atoms with Crippen LogP contribution in [0.3, 0.4) is 0 Å². The molecule has 4 rings (SSSR count). The van der Waals surface area contributed by atoms with E-state index in [1.165, 1.54) is 5.56 Å². The molecule has 0 aliphatic rings. The average molecular weight is 377 g/mol. The van der Waals surface area contributed by atoms with E-state index < -0.39 is 0 Å². The number of nitriles is 1. The first-order valence-electron chi connectivity index (χ1n) is 9.25. The van der Waals surface area contributed by atoms with E-state index in [0.29, 0.717) is 11.3 Å². The molecule has 0 fully saturated rings. The number of nitrogens with zero attached hydrogens (tertiary/aromatic N) is 2. The summed E-state index contributed by atoms with van der Waals surface area (Å²) in [5, 5.41) is 9.66. The van der Waals surface area contributed by atoms with Crippen molar-refractivity contribution in [2.24, 2.45) is 0 Å². The number of anilines is 1. The van der Waals surface area contributed by atoms with Gasteiger partial charge in [-0.15, -0.1) is 0 Å². The van der Waals surface area contributed by atoms with E-state index in [-0.39, 0.29) is 5.82 Å². The lowest BCUT2D eigenvalue weighted by Crippen LogP contribution is -2.00. The Bertz CT molecular complexity index is 1190. The molecule has 1 aromatic heterocycles. The fraction of sp³-hybridized carbons (Fsp3) is 0.0400. The predicted molar refractivity (Wildman–Crippen MR) is 115 cm³/mol. The van der Waals surface area contributed by atoms with E-state index in [0.717, 1.165) is 28.1 Å². The molecule has 29 heavy (non-hydrogen) atoms. The summed E-state index contributed by atoms with van der Waals surface area (Å²) >= 11 is 0. The minimum absolute atomic E-state index is 0.218. The molecule has 0 unspecified atom stereocenters. The molecule has 0 saturated heterocycles. The van der Waals surface area contributed by atoms with Gasteiger partial charge in [0.2, 0.25) is 0 Å². The lowest BCUT2D eigenvalue weighted by Gasteiger charge is -2.12. The maximum atomic E-state index is 9.66. The molecule has 0 aliphatic heterocycles. The number of aromatic nitrogens is 1. The summed E-state index contributed by atoms with van der Waals surface area (Å²) in [5.74, 6) is 1.65. The molecule has 0 saturated carbocycles. The average Bonchev–Trinajstić information content (AvgIpc) is 2.74. The van der Waals surface area contributed by atoms with E-state index in [2.05, 4.69) is 11.1 Å². The summed E-state index contributed by atoms with van der Waals surface area (Å²) in [6, 6.07) is 29.4. The Labute approximate surface area is 169 Å². The van der Waals surface area contributed by atoms with Crippen LogP contribution in [0.2, 0.25) is 0 Å². The molecule has 0 amide bonds. The first kappa shape index (κ1) is 18.3. The van der Waals surface area contributed by atoms with Crippen LogP contribution in [0.1, 0.15) is 11.1 Å². The number of ether oxygens (including phenoxy) is 1. The first-order chi connectivity index (χ1) is 14.1. The third kappa shape index (κ3) is 3.95. The van der Waals surface area contributed by atoms with E-state index in [1.807, 2.05) is 91.9 Å². The normalized spacial score (nSPS) is 10.3. The fourth-order valence-electron chi connectivity index (χ4n) is 3.13. The van der Waals surface area contributed by atoms with Gasteiger partial charge in [-0.1, -0.05) is 60.2 Å². The summed E-state index contributed by atoms with van der Waals surface area (Å²) in [4.78, 5) is 4.44. The molecule has 2 N–H and O–H groups in total. The van der Waals surface area contributed by atoms with Crippen LogP contribution >= 0.6 is 0 Å². The van der Waals surface area contributed by atoms with Gasteiger partial charge >= 0.3 is 0 Å². The van der Waals surface area contributed by atoms with Gasteiger partial charge in [0.15, 0.2) is 0 Å². The summed E-state index contributed by atoms with van der Waals surface area (Å²) in [6.45, 7) is 2.04. The molecular formula is C25H19N3O. The van der Waals surface area contributed by atoms with Crippen molar-refractivity contribution in [1.29, 1.82) is 5.26 Å². The van der Waals surface area contributed by atoms with Crippen molar-refractivity contribution in [3.63, 3.8) is 0 Å². The van der Waals surface area contributed by atoms with Crippen LogP contribution in [0, 0.1) is 18.3 Å². The van der Waals surface area contributed by atoms with Gasteiger partial charge < -0.3 is 10.5 Å². The number of aryl methyl sites for hydroxylation is 1. The second kappa shape index (κ2) is 7.87. The Morgan fingerprint density at radius 1 is 0.828 bits per heavy atom. The van der Waals surface area contributed by atoms with Gasteiger partial charge in [0.05, 0.1) is 5.69 Å². The third-order valence-corrected chi connectivity index (χ3v) is 4.63. The van der Waals surface area contributed by atoms with Crippen molar-refractivity contribution in [2.45, 2.75) is 6.92 Å². The van der Waals surface area contributed by atoms with E-state index in [1.54, 1.807) is 0 Å². The molecule has 0 atom stereocenters. The lowest BCUT2D eigenvalue weighted by atomic mass is 9.98. The highest BCUT2D eigenvalue weighted by Crippen LogP contribution is 2.33. The second-order valence-electron chi connectivity index (χ2n) is 6.74.